The Morgan fingerprint density at radius 3 is 2.82 bits per heavy atom. The second-order valence-electron chi connectivity index (χ2n) is 3.47. The maximum Gasteiger partial charge on any atom is 0.197 e. The molecule has 0 aliphatic heterocycles. The highest BCUT2D eigenvalue weighted by Crippen LogP contribution is 2.15. The molecule has 0 fully saturated rings. The molecule has 0 aliphatic carbocycles. The molecule has 5 nitrogen and oxygen atoms in total. The Hall–Kier alpha value is -2.52. The van der Waals surface area contributed by atoms with Crippen LogP contribution in [0, 0.1) is 0 Å². The van der Waals surface area contributed by atoms with Crippen LogP contribution in [-0.4, -0.2) is 9.55 Å². The molecule has 1 aromatic heterocycles. The summed E-state index contributed by atoms with van der Waals surface area (Å²) < 4.78 is 1.80. The van der Waals surface area contributed by atoms with Gasteiger partial charge in [0.15, 0.2) is 5.95 Å². The summed E-state index contributed by atoms with van der Waals surface area (Å²) in [5.41, 5.74) is 10.3. The first-order valence-electron chi connectivity index (χ1n) is 5.12. The molecule has 1 heterocycles. The number of azide groups is 1. The SMILES string of the molecule is C=Cc1cn(Cc2ccccc2)c(N=[N+]=[N-])n1. The topological polar surface area (TPSA) is 66.6 Å². The van der Waals surface area contributed by atoms with Crippen molar-refractivity contribution in [3.05, 3.63) is 64.8 Å². The minimum Gasteiger partial charge on any atom is -0.325 e. The van der Waals surface area contributed by atoms with Crippen molar-refractivity contribution in [3.8, 4) is 0 Å². The first-order valence-corrected chi connectivity index (χ1v) is 5.12. The van der Waals surface area contributed by atoms with Gasteiger partial charge in [0, 0.05) is 17.7 Å². The molecule has 0 bridgehead atoms. The number of imidazole rings is 1. The Labute approximate surface area is 98.7 Å². The summed E-state index contributed by atoms with van der Waals surface area (Å²) in [6.07, 6.45) is 3.43. The van der Waals surface area contributed by atoms with Crippen molar-refractivity contribution in [2.24, 2.45) is 5.11 Å². The van der Waals surface area contributed by atoms with E-state index in [-0.39, 0.29) is 0 Å². The zero-order valence-corrected chi connectivity index (χ0v) is 9.19. The van der Waals surface area contributed by atoms with Crippen LogP contribution in [0.1, 0.15) is 11.3 Å². The zero-order valence-electron chi connectivity index (χ0n) is 9.19. The molecule has 2 rings (SSSR count). The van der Waals surface area contributed by atoms with E-state index in [0.717, 1.165) is 5.56 Å². The van der Waals surface area contributed by atoms with Crippen molar-refractivity contribution in [1.82, 2.24) is 9.55 Å². The van der Waals surface area contributed by atoms with Gasteiger partial charge in [0.25, 0.3) is 0 Å². The van der Waals surface area contributed by atoms with E-state index < -0.39 is 0 Å². The predicted molar refractivity (Wildman–Crippen MR) is 66.7 cm³/mol. The molecular formula is C12H11N5. The fourth-order valence-electron chi connectivity index (χ4n) is 1.54. The molecule has 84 valence electrons. The summed E-state index contributed by atoms with van der Waals surface area (Å²) in [5, 5.41) is 3.56. The lowest BCUT2D eigenvalue weighted by atomic mass is 10.2. The first kappa shape index (κ1) is 11.0. The van der Waals surface area contributed by atoms with Gasteiger partial charge < -0.3 is 4.57 Å². The van der Waals surface area contributed by atoms with E-state index in [1.165, 1.54) is 0 Å². The van der Waals surface area contributed by atoms with Crippen molar-refractivity contribution in [3.63, 3.8) is 0 Å². The third-order valence-corrected chi connectivity index (χ3v) is 2.31. The first-order chi connectivity index (χ1) is 8.33. The molecule has 0 saturated heterocycles. The second kappa shape index (κ2) is 5.01. The van der Waals surface area contributed by atoms with Gasteiger partial charge in [-0.3, -0.25) is 0 Å². The Kier molecular flexibility index (Phi) is 3.23. The molecule has 0 N–H and O–H groups in total. The lowest BCUT2D eigenvalue weighted by molar-refractivity contribution is 0.798. The molecule has 0 amide bonds. The Morgan fingerprint density at radius 2 is 2.18 bits per heavy atom. The van der Waals surface area contributed by atoms with Crippen LogP contribution in [0.15, 0.2) is 48.2 Å². The Balaban J connectivity index is 2.34. The van der Waals surface area contributed by atoms with Crippen LogP contribution in [0.2, 0.25) is 0 Å². The lowest BCUT2D eigenvalue weighted by Crippen LogP contribution is -1.96. The summed E-state index contributed by atoms with van der Waals surface area (Å²) >= 11 is 0. The highest BCUT2D eigenvalue weighted by molar-refractivity contribution is 5.44. The highest BCUT2D eigenvalue weighted by Gasteiger charge is 2.04. The number of benzene rings is 1. The van der Waals surface area contributed by atoms with E-state index >= 15 is 0 Å². The van der Waals surface area contributed by atoms with E-state index in [1.807, 2.05) is 36.5 Å². The highest BCUT2D eigenvalue weighted by atomic mass is 15.3. The van der Waals surface area contributed by atoms with E-state index in [0.29, 0.717) is 18.2 Å². The van der Waals surface area contributed by atoms with Crippen LogP contribution < -0.4 is 0 Å². The van der Waals surface area contributed by atoms with E-state index in [1.54, 1.807) is 10.6 Å². The molecule has 0 spiro atoms. The smallest absolute Gasteiger partial charge is 0.197 e. The van der Waals surface area contributed by atoms with Gasteiger partial charge in [-0.2, -0.15) is 0 Å². The van der Waals surface area contributed by atoms with Gasteiger partial charge in [0.1, 0.15) is 0 Å². The van der Waals surface area contributed by atoms with Gasteiger partial charge >= 0.3 is 0 Å². The Bertz CT molecular complexity index is 564. The maximum absolute atomic E-state index is 8.47. The third-order valence-electron chi connectivity index (χ3n) is 2.31. The maximum atomic E-state index is 8.47. The summed E-state index contributed by atoms with van der Waals surface area (Å²) in [6.45, 7) is 4.26. The summed E-state index contributed by atoms with van der Waals surface area (Å²) in [5.74, 6) is 0.353. The standard InChI is InChI=1S/C12H11N5/c1-2-11-9-17(12(14-11)15-16-13)8-10-6-4-3-5-7-10/h2-7,9H,1,8H2. The van der Waals surface area contributed by atoms with E-state index in [9.17, 15) is 0 Å². The quantitative estimate of drug-likeness (QED) is 0.446. The van der Waals surface area contributed by atoms with Gasteiger partial charge in [-0.05, 0) is 22.3 Å². The van der Waals surface area contributed by atoms with Crippen molar-refractivity contribution >= 4 is 12.0 Å². The normalized spacial score (nSPS) is 9.65. The van der Waals surface area contributed by atoms with Crippen molar-refractivity contribution in [1.29, 1.82) is 0 Å². The molecule has 2 aromatic rings. The minimum atomic E-state index is 0.353. The average Bonchev–Trinajstić information content (AvgIpc) is 2.74. The average molecular weight is 225 g/mol. The van der Waals surface area contributed by atoms with Gasteiger partial charge in [0.05, 0.1) is 5.69 Å². The van der Waals surface area contributed by atoms with Gasteiger partial charge in [-0.15, -0.1) is 0 Å². The number of rotatable bonds is 4. The zero-order chi connectivity index (χ0) is 12.1. The van der Waals surface area contributed by atoms with E-state index in [2.05, 4.69) is 21.6 Å². The summed E-state index contributed by atoms with van der Waals surface area (Å²) in [7, 11) is 0. The van der Waals surface area contributed by atoms with Crippen LogP contribution in [0.25, 0.3) is 16.5 Å². The molecule has 0 saturated carbocycles. The molecule has 0 aliphatic rings. The van der Waals surface area contributed by atoms with Crippen molar-refractivity contribution < 1.29 is 0 Å². The minimum absolute atomic E-state index is 0.353. The number of aromatic nitrogens is 2. The van der Waals surface area contributed by atoms with E-state index in [4.69, 9.17) is 5.53 Å². The largest absolute Gasteiger partial charge is 0.325 e. The van der Waals surface area contributed by atoms with Crippen LogP contribution >= 0.6 is 0 Å². The summed E-state index contributed by atoms with van der Waals surface area (Å²) in [6, 6.07) is 9.91. The second-order valence-corrected chi connectivity index (χ2v) is 3.47. The van der Waals surface area contributed by atoms with Crippen LogP contribution in [0.3, 0.4) is 0 Å². The van der Waals surface area contributed by atoms with Crippen LogP contribution in [-0.2, 0) is 6.54 Å². The van der Waals surface area contributed by atoms with Gasteiger partial charge in [0.2, 0.25) is 0 Å². The van der Waals surface area contributed by atoms with Crippen molar-refractivity contribution in [2.45, 2.75) is 6.54 Å². The molecule has 17 heavy (non-hydrogen) atoms. The molecule has 0 radical (unpaired) electrons. The number of nitrogens with zero attached hydrogens (tertiary/aromatic N) is 5. The summed E-state index contributed by atoms with van der Waals surface area (Å²) in [4.78, 5) is 6.90. The molecular weight excluding hydrogens is 214 g/mol. The molecule has 1 aromatic carbocycles. The van der Waals surface area contributed by atoms with Crippen LogP contribution in [0.5, 0.6) is 0 Å². The monoisotopic (exact) mass is 225 g/mol. The van der Waals surface area contributed by atoms with Gasteiger partial charge in [-0.1, -0.05) is 36.9 Å². The fraction of sp³-hybridized carbons (Fsp3) is 0.0833. The predicted octanol–water partition coefficient (Wildman–Crippen LogP) is 3.52. The van der Waals surface area contributed by atoms with Crippen molar-refractivity contribution in [2.75, 3.05) is 0 Å². The number of hydrogen-bond donors (Lipinski definition) is 0. The fourth-order valence-corrected chi connectivity index (χ4v) is 1.54. The molecule has 0 unspecified atom stereocenters. The molecule has 5 heteroatoms. The van der Waals surface area contributed by atoms with Gasteiger partial charge in [-0.25, -0.2) is 4.98 Å². The van der Waals surface area contributed by atoms with Crippen LogP contribution in [0.4, 0.5) is 5.95 Å². The number of hydrogen-bond acceptors (Lipinski definition) is 2. The Morgan fingerprint density at radius 1 is 1.41 bits per heavy atom. The molecule has 0 atom stereocenters. The third kappa shape index (κ3) is 2.53. The lowest BCUT2D eigenvalue weighted by Gasteiger charge is -2.03.